The van der Waals surface area contributed by atoms with Crippen LogP contribution < -0.4 is 0 Å². The molecule has 0 radical (unpaired) electrons. The van der Waals surface area contributed by atoms with E-state index < -0.39 is 4.92 Å². The standard InChI is InChI=1S/C15H9BrClN3O3/c16-10-4-5-11-13(14(10)17)15(21)12(19-11)7-18-8-2-1-3-9(6-8)20(22)23/h1-7,19,21H. The van der Waals surface area contributed by atoms with Crippen LogP contribution in [0, 0.1) is 10.1 Å². The minimum atomic E-state index is -0.489. The molecule has 0 saturated heterocycles. The van der Waals surface area contributed by atoms with E-state index in [0.717, 1.165) is 0 Å². The molecule has 1 aromatic heterocycles. The highest BCUT2D eigenvalue weighted by Crippen LogP contribution is 2.38. The van der Waals surface area contributed by atoms with Gasteiger partial charge in [-0.15, -0.1) is 0 Å². The molecule has 6 nitrogen and oxygen atoms in total. The Morgan fingerprint density at radius 2 is 2.13 bits per heavy atom. The van der Waals surface area contributed by atoms with Crippen LogP contribution >= 0.6 is 27.5 Å². The summed E-state index contributed by atoms with van der Waals surface area (Å²) in [5.74, 6) is -0.0273. The maximum atomic E-state index is 10.8. The van der Waals surface area contributed by atoms with Crippen LogP contribution in [0.1, 0.15) is 5.69 Å². The highest BCUT2D eigenvalue weighted by atomic mass is 79.9. The van der Waals surface area contributed by atoms with E-state index in [1.807, 2.05) is 0 Å². The van der Waals surface area contributed by atoms with E-state index in [0.29, 0.717) is 31.8 Å². The number of aromatic nitrogens is 1. The third-order valence-corrected chi connectivity index (χ3v) is 4.52. The van der Waals surface area contributed by atoms with Crippen molar-refractivity contribution in [2.75, 3.05) is 0 Å². The molecule has 8 heteroatoms. The third-order valence-electron chi connectivity index (χ3n) is 3.24. The number of nitrogens with one attached hydrogen (secondary N) is 1. The molecule has 3 aromatic rings. The van der Waals surface area contributed by atoms with Gasteiger partial charge in [0.25, 0.3) is 5.69 Å². The minimum Gasteiger partial charge on any atom is -0.505 e. The first-order valence-electron chi connectivity index (χ1n) is 6.44. The van der Waals surface area contributed by atoms with Crippen molar-refractivity contribution < 1.29 is 10.0 Å². The van der Waals surface area contributed by atoms with E-state index >= 15 is 0 Å². The van der Waals surface area contributed by atoms with Gasteiger partial charge in [0, 0.05) is 16.6 Å². The van der Waals surface area contributed by atoms with Crippen LogP contribution in [0.2, 0.25) is 5.02 Å². The molecule has 2 aromatic carbocycles. The molecule has 0 bridgehead atoms. The summed E-state index contributed by atoms with van der Waals surface area (Å²) in [5, 5.41) is 21.9. The molecule has 0 amide bonds. The van der Waals surface area contributed by atoms with Crippen LogP contribution in [0.4, 0.5) is 11.4 Å². The van der Waals surface area contributed by atoms with E-state index in [-0.39, 0.29) is 11.4 Å². The van der Waals surface area contributed by atoms with E-state index in [4.69, 9.17) is 11.6 Å². The van der Waals surface area contributed by atoms with Gasteiger partial charge in [0.05, 0.1) is 32.8 Å². The van der Waals surface area contributed by atoms with Crippen LogP contribution in [0.3, 0.4) is 0 Å². The number of non-ortho nitro benzene ring substituents is 1. The van der Waals surface area contributed by atoms with Gasteiger partial charge in [0.2, 0.25) is 0 Å². The van der Waals surface area contributed by atoms with Gasteiger partial charge in [0.1, 0.15) is 5.69 Å². The number of aromatic amines is 1. The molecule has 116 valence electrons. The number of hydrogen-bond donors (Lipinski definition) is 2. The van der Waals surface area contributed by atoms with Gasteiger partial charge >= 0.3 is 0 Å². The lowest BCUT2D eigenvalue weighted by Gasteiger charge is -1.97. The normalized spacial score (nSPS) is 11.4. The first-order chi connectivity index (χ1) is 11.0. The Morgan fingerprint density at radius 1 is 1.35 bits per heavy atom. The fraction of sp³-hybridized carbons (Fsp3) is 0. The minimum absolute atomic E-state index is 0.0273. The Kier molecular flexibility index (Phi) is 4.06. The average molecular weight is 395 g/mol. The Hall–Kier alpha value is -2.38. The smallest absolute Gasteiger partial charge is 0.271 e. The zero-order chi connectivity index (χ0) is 16.6. The number of aromatic hydroxyl groups is 1. The largest absolute Gasteiger partial charge is 0.505 e. The van der Waals surface area contributed by atoms with E-state index in [1.54, 1.807) is 24.3 Å². The number of benzene rings is 2. The highest BCUT2D eigenvalue weighted by molar-refractivity contribution is 9.10. The number of rotatable bonds is 3. The van der Waals surface area contributed by atoms with E-state index in [9.17, 15) is 15.2 Å². The fourth-order valence-corrected chi connectivity index (χ4v) is 2.73. The highest BCUT2D eigenvalue weighted by Gasteiger charge is 2.14. The maximum Gasteiger partial charge on any atom is 0.271 e. The molecular weight excluding hydrogens is 386 g/mol. The zero-order valence-electron chi connectivity index (χ0n) is 11.5. The van der Waals surface area contributed by atoms with Gasteiger partial charge in [-0.25, -0.2) is 0 Å². The molecule has 2 N–H and O–H groups in total. The second-order valence-corrected chi connectivity index (χ2v) is 5.94. The van der Waals surface area contributed by atoms with Crippen LogP contribution in [0.15, 0.2) is 45.9 Å². The van der Waals surface area contributed by atoms with E-state index in [1.165, 1.54) is 18.3 Å². The van der Waals surface area contributed by atoms with Gasteiger partial charge in [-0.05, 0) is 34.1 Å². The number of nitro benzene ring substituents is 1. The molecule has 0 fully saturated rings. The summed E-state index contributed by atoms with van der Waals surface area (Å²) in [6.07, 6.45) is 1.40. The first-order valence-corrected chi connectivity index (χ1v) is 7.61. The number of nitrogens with zero attached hydrogens (tertiary/aromatic N) is 2. The summed E-state index contributed by atoms with van der Waals surface area (Å²) in [5.41, 5.74) is 1.39. The molecule has 23 heavy (non-hydrogen) atoms. The van der Waals surface area contributed by atoms with Gasteiger partial charge in [-0.1, -0.05) is 17.7 Å². The molecule has 0 aliphatic rings. The number of hydrogen-bond acceptors (Lipinski definition) is 4. The van der Waals surface area contributed by atoms with Gasteiger partial charge in [-0.3, -0.25) is 15.1 Å². The van der Waals surface area contributed by atoms with Crippen molar-refractivity contribution in [3.63, 3.8) is 0 Å². The Labute approximate surface area is 143 Å². The average Bonchev–Trinajstić information content (AvgIpc) is 2.86. The second-order valence-electron chi connectivity index (χ2n) is 4.71. The van der Waals surface area contributed by atoms with Crippen molar-refractivity contribution in [3.8, 4) is 5.75 Å². The van der Waals surface area contributed by atoms with Crippen molar-refractivity contribution in [2.24, 2.45) is 4.99 Å². The van der Waals surface area contributed by atoms with Gasteiger partial charge < -0.3 is 10.1 Å². The Bertz CT molecular complexity index is 953. The van der Waals surface area contributed by atoms with Crippen molar-refractivity contribution in [3.05, 3.63) is 61.7 Å². The number of nitro groups is 1. The zero-order valence-corrected chi connectivity index (χ0v) is 13.8. The topological polar surface area (TPSA) is 91.5 Å². The summed E-state index contributed by atoms with van der Waals surface area (Å²) >= 11 is 9.47. The summed E-state index contributed by atoms with van der Waals surface area (Å²) in [7, 11) is 0. The van der Waals surface area contributed by atoms with Gasteiger partial charge in [0.15, 0.2) is 5.75 Å². The van der Waals surface area contributed by atoms with Crippen molar-refractivity contribution in [1.82, 2.24) is 4.98 Å². The Morgan fingerprint density at radius 3 is 2.87 bits per heavy atom. The Balaban J connectivity index is 2.02. The predicted octanol–water partition coefficient (Wildman–Crippen LogP) is 4.95. The lowest BCUT2D eigenvalue weighted by Crippen LogP contribution is -1.86. The predicted molar refractivity (Wildman–Crippen MR) is 93.0 cm³/mol. The monoisotopic (exact) mass is 393 g/mol. The number of aliphatic imine (C=N–C) groups is 1. The molecule has 0 unspecified atom stereocenters. The van der Waals surface area contributed by atoms with Crippen molar-refractivity contribution >= 4 is 56.0 Å². The van der Waals surface area contributed by atoms with Crippen molar-refractivity contribution in [2.45, 2.75) is 0 Å². The summed E-state index contributed by atoms with van der Waals surface area (Å²) < 4.78 is 0.670. The molecule has 3 rings (SSSR count). The summed E-state index contributed by atoms with van der Waals surface area (Å²) in [4.78, 5) is 17.4. The van der Waals surface area contributed by atoms with Gasteiger partial charge in [-0.2, -0.15) is 0 Å². The van der Waals surface area contributed by atoms with Crippen LogP contribution in [0.5, 0.6) is 5.75 Å². The third kappa shape index (κ3) is 2.93. The number of H-pyrrole nitrogens is 1. The second kappa shape index (κ2) is 6.02. The van der Waals surface area contributed by atoms with Crippen LogP contribution in [-0.4, -0.2) is 21.2 Å². The molecule has 1 heterocycles. The van der Waals surface area contributed by atoms with Crippen LogP contribution in [0.25, 0.3) is 10.9 Å². The molecular formula is C15H9BrClN3O3. The molecule has 0 spiro atoms. The van der Waals surface area contributed by atoms with E-state index in [2.05, 4.69) is 25.9 Å². The fourth-order valence-electron chi connectivity index (χ4n) is 2.14. The number of fused-ring (bicyclic) bond motifs is 1. The van der Waals surface area contributed by atoms with Crippen molar-refractivity contribution in [1.29, 1.82) is 0 Å². The molecule has 0 aliphatic carbocycles. The molecule has 0 aliphatic heterocycles. The maximum absolute atomic E-state index is 10.8. The quantitative estimate of drug-likeness (QED) is 0.374. The SMILES string of the molecule is O=[N+]([O-])c1cccc(N=Cc2[nH]c3ccc(Br)c(Cl)c3c2O)c1. The summed E-state index contributed by atoms with van der Waals surface area (Å²) in [6, 6.07) is 9.45. The summed E-state index contributed by atoms with van der Waals surface area (Å²) in [6.45, 7) is 0. The number of halogens is 2. The lowest BCUT2D eigenvalue weighted by molar-refractivity contribution is -0.384. The molecule has 0 atom stereocenters. The lowest BCUT2D eigenvalue weighted by atomic mass is 10.2. The molecule has 0 saturated carbocycles. The van der Waals surface area contributed by atoms with Crippen LogP contribution in [-0.2, 0) is 0 Å². The first kappa shape index (κ1) is 15.5.